The zero-order valence-corrected chi connectivity index (χ0v) is 8.29. The Bertz CT molecular complexity index is 378. The summed E-state index contributed by atoms with van der Waals surface area (Å²) in [7, 11) is 0. The third-order valence-electron chi connectivity index (χ3n) is 2.45. The average Bonchev–Trinajstić information content (AvgIpc) is 2.18. The van der Waals surface area contributed by atoms with Crippen LogP contribution in [0, 0.1) is 11.8 Å². The van der Waals surface area contributed by atoms with E-state index in [0.717, 1.165) is 12.8 Å². The molecule has 0 unspecified atom stereocenters. The van der Waals surface area contributed by atoms with Crippen LogP contribution in [0.2, 0.25) is 0 Å². The van der Waals surface area contributed by atoms with Gasteiger partial charge >= 0.3 is 0 Å². The summed E-state index contributed by atoms with van der Waals surface area (Å²) in [6.45, 7) is 0. The quantitative estimate of drug-likeness (QED) is 0.544. The summed E-state index contributed by atoms with van der Waals surface area (Å²) in [6.07, 6.45) is 17.3. The van der Waals surface area contributed by atoms with Gasteiger partial charge in [0, 0.05) is 12.8 Å². The lowest BCUT2D eigenvalue weighted by Crippen LogP contribution is -1.91. The fourth-order valence-electron chi connectivity index (χ4n) is 1.70. The SMILES string of the molecule is C1#CC/C=C(C2=CC=CCC2)\C=C/C1. The molecule has 0 aromatic rings. The van der Waals surface area contributed by atoms with Crippen molar-refractivity contribution in [1.29, 1.82) is 0 Å². The van der Waals surface area contributed by atoms with Crippen molar-refractivity contribution < 1.29 is 0 Å². The summed E-state index contributed by atoms with van der Waals surface area (Å²) in [5, 5.41) is 0. The van der Waals surface area contributed by atoms with E-state index in [4.69, 9.17) is 0 Å². The third kappa shape index (κ3) is 2.26. The van der Waals surface area contributed by atoms with Gasteiger partial charge in [-0.2, -0.15) is 0 Å². The fourth-order valence-corrected chi connectivity index (χ4v) is 1.70. The van der Waals surface area contributed by atoms with Gasteiger partial charge in [0.25, 0.3) is 0 Å². The molecule has 0 aliphatic heterocycles. The van der Waals surface area contributed by atoms with Gasteiger partial charge in [-0.25, -0.2) is 0 Å². The normalized spacial score (nSPS) is 26.0. The molecular weight excluding hydrogens is 168 g/mol. The Morgan fingerprint density at radius 2 is 2.00 bits per heavy atom. The molecule has 0 saturated carbocycles. The topological polar surface area (TPSA) is 0 Å². The van der Waals surface area contributed by atoms with Crippen molar-refractivity contribution in [3.8, 4) is 11.8 Å². The first-order valence-corrected chi connectivity index (χ1v) is 5.15. The molecule has 0 spiro atoms. The number of hydrogen-bond acceptors (Lipinski definition) is 0. The highest BCUT2D eigenvalue weighted by Gasteiger charge is 2.03. The van der Waals surface area contributed by atoms with Crippen molar-refractivity contribution in [1.82, 2.24) is 0 Å². The van der Waals surface area contributed by atoms with Crippen LogP contribution in [0.1, 0.15) is 25.7 Å². The average molecular weight is 182 g/mol. The summed E-state index contributed by atoms with van der Waals surface area (Å²) in [5.41, 5.74) is 2.82. The minimum Gasteiger partial charge on any atom is -0.0988 e. The smallest absolute Gasteiger partial charge is 0.0278 e. The van der Waals surface area contributed by atoms with E-state index >= 15 is 0 Å². The van der Waals surface area contributed by atoms with Crippen LogP contribution in [0.25, 0.3) is 0 Å². The first kappa shape index (κ1) is 9.09. The van der Waals surface area contributed by atoms with Gasteiger partial charge in [0.1, 0.15) is 0 Å². The van der Waals surface area contributed by atoms with Gasteiger partial charge in [-0.15, -0.1) is 0 Å². The van der Waals surface area contributed by atoms with Gasteiger partial charge in [0.2, 0.25) is 0 Å². The Kier molecular flexibility index (Phi) is 3.03. The standard InChI is InChI=1S/C14H14/c1-2-5-9-13(10-6-3-1)14-11-7-4-8-12-14/h4-5,7,9-11H,2,6,8,12H2/b9-5-,13-10+. The lowest BCUT2D eigenvalue weighted by Gasteiger charge is -2.10. The van der Waals surface area contributed by atoms with E-state index in [-0.39, 0.29) is 0 Å². The largest absolute Gasteiger partial charge is 0.0988 e. The molecule has 2 aliphatic carbocycles. The molecule has 0 nitrogen and oxygen atoms in total. The van der Waals surface area contributed by atoms with Crippen molar-refractivity contribution >= 4 is 0 Å². The zero-order valence-electron chi connectivity index (χ0n) is 8.29. The van der Waals surface area contributed by atoms with Crippen LogP contribution in [0.5, 0.6) is 0 Å². The highest BCUT2D eigenvalue weighted by Crippen LogP contribution is 2.22. The first-order chi connectivity index (χ1) is 6.97. The zero-order chi connectivity index (χ0) is 9.64. The molecule has 0 aromatic carbocycles. The second-order valence-electron chi connectivity index (χ2n) is 3.48. The molecule has 70 valence electrons. The highest BCUT2D eigenvalue weighted by atomic mass is 14.1. The van der Waals surface area contributed by atoms with Crippen molar-refractivity contribution in [3.05, 3.63) is 47.6 Å². The molecule has 0 N–H and O–H groups in total. The molecular formula is C14H14. The summed E-state index contributed by atoms with van der Waals surface area (Å²) in [5.74, 6) is 6.23. The predicted octanol–water partition coefficient (Wildman–Crippen LogP) is 3.54. The summed E-state index contributed by atoms with van der Waals surface area (Å²) in [4.78, 5) is 0. The highest BCUT2D eigenvalue weighted by molar-refractivity contribution is 5.44. The van der Waals surface area contributed by atoms with E-state index in [2.05, 4.69) is 48.3 Å². The molecule has 0 heterocycles. The van der Waals surface area contributed by atoms with Gasteiger partial charge < -0.3 is 0 Å². The molecule has 0 saturated heterocycles. The van der Waals surface area contributed by atoms with Crippen LogP contribution >= 0.6 is 0 Å². The maximum atomic E-state index is 3.13. The summed E-state index contributed by atoms with van der Waals surface area (Å²) in [6, 6.07) is 0. The van der Waals surface area contributed by atoms with E-state index in [1.807, 2.05) is 0 Å². The molecule has 2 rings (SSSR count). The molecule has 0 amide bonds. The number of allylic oxidation sites excluding steroid dienone is 8. The van der Waals surface area contributed by atoms with Crippen molar-refractivity contribution in [2.75, 3.05) is 0 Å². The number of hydrogen-bond donors (Lipinski definition) is 0. The summed E-state index contributed by atoms with van der Waals surface area (Å²) < 4.78 is 0. The van der Waals surface area contributed by atoms with Crippen molar-refractivity contribution in [2.24, 2.45) is 0 Å². The minimum atomic E-state index is 0.889. The van der Waals surface area contributed by atoms with Crippen LogP contribution in [-0.4, -0.2) is 0 Å². The Morgan fingerprint density at radius 3 is 2.86 bits per heavy atom. The van der Waals surface area contributed by atoms with E-state index in [9.17, 15) is 0 Å². The van der Waals surface area contributed by atoms with Crippen LogP contribution in [-0.2, 0) is 0 Å². The fraction of sp³-hybridized carbons (Fsp3) is 0.286. The molecule has 0 aromatic heterocycles. The monoisotopic (exact) mass is 182 g/mol. The molecule has 0 atom stereocenters. The van der Waals surface area contributed by atoms with Gasteiger partial charge in [0.05, 0.1) is 0 Å². The van der Waals surface area contributed by atoms with Crippen LogP contribution in [0.15, 0.2) is 47.6 Å². The second-order valence-corrected chi connectivity index (χ2v) is 3.48. The molecule has 0 heteroatoms. The summed E-state index contributed by atoms with van der Waals surface area (Å²) >= 11 is 0. The van der Waals surface area contributed by atoms with E-state index in [1.54, 1.807) is 0 Å². The Morgan fingerprint density at radius 1 is 1.07 bits per heavy atom. The third-order valence-corrected chi connectivity index (χ3v) is 2.45. The van der Waals surface area contributed by atoms with E-state index in [1.165, 1.54) is 24.0 Å². The van der Waals surface area contributed by atoms with Gasteiger partial charge in [-0.05, 0) is 24.0 Å². The molecule has 0 radical (unpaired) electrons. The van der Waals surface area contributed by atoms with Gasteiger partial charge in [-0.3, -0.25) is 0 Å². The lowest BCUT2D eigenvalue weighted by molar-refractivity contribution is 0.975. The minimum absolute atomic E-state index is 0.889. The maximum absolute atomic E-state index is 3.13. The van der Waals surface area contributed by atoms with Crippen LogP contribution in [0.4, 0.5) is 0 Å². The Labute approximate surface area is 85.7 Å². The molecule has 2 aliphatic rings. The maximum Gasteiger partial charge on any atom is 0.0278 e. The Balaban J connectivity index is 2.21. The Hall–Kier alpha value is -1.48. The van der Waals surface area contributed by atoms with Crippen LogP contribution < -0.4 is 0 Å². The van der Waals surface area contributed by atoms with Gasteiger partial charge in [-0.1, -0.05) is 48.3 Å². The molecule has 14 heavy (non-hydrogen) atoms. The number of rotatable bonds is 1. The van der Waals surface area contributed by atoms with Crippen molar-refractivity contribution in [2.45, 2.75) is 25.7 Å². The van der Waals surface area contributed by atoms with Crippen molar-refractivity contribution in [3.63, 3.8) is 0 Å². The molecule has 0 fully saturated rings. The predicted molar refractivity (Wildman–Crippen MR) is 60.7 cm³/mol. The van der Waals surface area contributed by atoms with E-state index < -0.39 is 0 Å². The molecule has 0 bridgehead atoms. The van der Waals surface area contributed by atoms with Gasteiger partial charge in [0.15, 0.2) is 0 Å². The van der Waals surface area contributed by atoms with E-state index in [0.29, 0.717) is 0 Å². The second kappa shape index (κ2) is 4.67. The van der Waals surface area contributed by atoms with Crippen LogP contribution in [0.3, 0.4) is 0 Å². The first-order valence-electron chi connectivity index (χ1n) is 5.15. The lowest BCUT2D eigenvalue weighted by atomic mass is 9.95.